The molecule has 1 rings (SSSR count). The second-order valence-corrected chi connectivity index (χ2v) is 8.18. The van der Waals surface area contributed by atoms with Crippen LogP contribution < -0.4 is 5.32 Å². The molecule has 0 aromatic carbocycles. The fourth-order valence-corrected chi connectivity index (χ4v) is 3.60. The Morgan fingerprint density at radius 3 is 2.04 bits per heavy atom. The molecular weight excluding hydrogens is 358 g/mol. The number of hydrogen-bond donors (Lipinski definition) is 1. The number of carbonyl (C=O) groups excluding carboxylic acids is 2. The number of unbranched alkanes of at least 4 members (excludes halogenated alkanes) is 11. The van der Waals surface area contributed by atoms with Crippen LogP contribution in [-0.4, -0.2) is 24.5 Å². The molecule has 0 aliphatic rings. The molecule has 1 atom stereocenters. The summed E-state index contributed by atoms with van der Waals surface area (Å²) in [7, 11) is 0. The Kier molecular flexibility index (Phi) is 13.7. The van der Waals surface area contributed by atoms with Crippen molar-refractivity contribution in [2.75, 3.05) is 6.61 Å². The monoisotopic (exact) mass is 395 g/mol. The van der Waals surface area contributed by atoms with Crippen molar-refractivity contribution in [2.24, 2.45) is 0 Å². The first-order valence-corrected chi connectivity index (χ1v) is 11.5. The van der Waals surface area contributed by atoms with Gasteiger partial charge in [-0.25, -0.2) is 4.79 Å². The van der Waals surface area contributed by atoms with E-state index in [4.69, 9.17) is 4.74 Å². The highest BCUT2D eigenvalue weighted by molar-refractivity contribution is 7.12. The summed E-state index contributed by atoms with van der Waals surface area (Å²) in [4.78, 5) is 24.4. The largest absolute Gasteiger partial charge is 0.464 e. The molecule has 0 fully saturated rings. The minimum atomic E-state index is -0.614. The zero-order valence-electron chi connectivity index (χ0n) is 17.1. The lowest BCUT2D eigenvalue weighted by Gasteiger charge is -2.12. The maximum absolute atomic E-state index is 11.9. The van der Waals surface area contributed by atoms with E-state index >= 15 is 0 Å². The van der Waals surface area contributed by atoms with Crippen LogP contribution in [0.5, 0.6) is 0 Å². The minimum absolute atomic E-state index is 0.222. The summed E-state index contributed by atoms with van der Waals surface area (Å²) >= 11 is 1.36. The zero-order valence-corrected chi connectivity index (χ0v) is 18.0. The van der Waals surface area contributed by atoms with Gasteiger partial charge in [-0.15, -0.1) is 11.3 Å². The quantitative estimate of drug-likeness (QED) is 0.271. The predicted molar refractivity (Wildman–Crippen MR) is 113 cm³/mol. The van der Waals surface area contributed by atoms with Crippen LogP contribution in [0, 0.1) is 0 Å². The van der Waals surface area contributed by atoms with Crippen LogP contribution in [0.2, 0.25) is 0 Å². The van der Waals surface area contributed by atoms with Gasteiger partial charge >= 0.3 is 5.97 Å². The van der Waals surface area contributed by atoms with Crippen molar-refractivity contribution in [3.05, 3.63) is 22.4 Å². The van der Waals surface area contributed by atoms with E-state index in [1.54, 1.807) is 13.0 Å². The summed E-state index contributed by atoms with van der Waals surface area (Å²) in [6.07, 6.45) is 15.4. The first kappa shape index (κ1) is 23.7. The fraction of sp³-hybridized carbons (Fsp3) is 0.727. The predicted octanol–water partition coefficient (Wildman–Crippen LogP) is 6.11. The molecule has 0 bridgehead atoms. The van der Waals surface area contributed by atoms with Crippen LogP contribution in [0.1, 0.15) is 101 Å². The average Bonchev–Trinajstić information content (AvgIpc) is 3.20. The molecular formula is C22H37NO3S. The Hall–Kier alpha value is -1.36. The van der Waals surface area contributed by atoms with Gasteiger partial charge in [0.2, 0.25) is 0 Å². The number of nitrogens with one attached hydrogen (secondary N) is 1. The summed E-state index contributed by atoms with van der Waals surface area (Å²) in [6, 6.07) is 2.94. The molecule has 154 valence electrons. The van der Waals surface area contributed by atoms with Gasteiger partial charge in [-0.05, 0) is 24.8 Å². The molecule has 0 radical (unpaired) electrons. The Morgan fingerprint density at radius 2 is 1.52 bits per heavy atom. The smallest absolute Gasteiger partial charge is 0.328 e. The van der Waals surface area contributed by atoms with Gasteiger partial charge in [0.05, 0.1) is 11.5 Å². The van der Waals surface area contributed by atoms with E-state index < -0.39 is 6.04 Å². The third-order valence-corrected chi connectivity index (χ3v) is 5.56. The standard InChI is InChI=1S/C22H37NO3S/c1-3-4-5-6-7-8-9-10-11-12-13-14-17-26-22(25)19(2)23-21(24)20-16-15-18-27-20/h15-16,18-19H,3-14,17H2,1-2H3,(H,23,24). The van der Waals surface area contributed by atoms with Crippen LogP contribution in [0.4, 0.5) is 0 Å². The lowest BCUT2D eigenvalue weighted by molar-refractivity contribution is -0.145. The number of hydrogen-bond acceptors (Lipinski definition) is 4. The van der Waals surface area contributed by atoms with E-state index in [1.165, 1.54) is 75.5 Å². The van der Waals surface area contributed by atoms with Crippen molar-refractivity contribution in [3.63, 3.8) is 0 Å². The lowest BCUT2D eigenvalue weighted by atomic mass is 10.1. The van der Waals surface area contributed by atoms with Crippen LogP contribution >= 0.6 is 11.3 Å². The first-order valence-electron chi connectivity index (χ1n) is 10.7. The maximum atomic E-state index is 11.9. The molecule has 0 aliphatic heterocycles. The van der Waals surface area contributed by atoms with Gasteiger partial charge in [-0.1, -0.05) is 83.6 Å². The van der Waals surface area contributed by atoms with E-state index in [1.807, 2.05) is 11.4 Å². The SMILES string of the molecule is CCCCCCCCCCCCCCOC(=O)C(C)NC(=O)c1cccs1. The van der Waals surface area contributed by atoms with Crippen molar-refractivity contribution >= 4 is 23.2 Å². The molecule has 0 spiro atoms. The van der Waals surface area contributed by atoms with E-state index in [0.29, 0.717) is 11.5 Å². The average molecular weight is 396 g/mol. The van der Waals surface area contributed by atoms with Crippen molar-refractivity contribution < 1.29 is 14.3 Å². The van der Waals surface area contributed by atoms with E-state index in [-0.39, 0.29) is 11.9 Å². The number of thiophene rings is 1. The van der Waals surface area contributed by atoms with Gasteiger partial charge in [0.15, 0.2) is 0 Å². The lowest BCUT2D eigenvalue weighted by Crippen LogP contribution is -2.39. The topological polar surface area (TPSA) is 55.4 Å². The van der Waals surface area contributed by atoms with Crippen molar-refractivity contribution in [1.82, 2.24) is 5.32 Å². The minimum Gasteiger partial charge on any atom is -0.464 e. The van der Waals surface area contributed by atoms with Crippen LogP contribution in [-0.2, 0) is 9.53 Å². The summed E-state index contributed by atoms with van der Waals surface area (Å²) < 4.78 is 5.26. The van der Waals surface area contributed by atoms with E-state index in [9.17, 15) is 9.59 Å². The molecule has 1 amide bonds. The van der Waals surface area contributed by atoms with Crippen molar-refractivity contribution in [2.45, 2.75) is 96.9 Å². The van der Waals surface area contributed by atoms with Gasteiger partial charge < -0.3 is 10.1 Å². The number of esters is 1. The summed E-state index contributed by atoms with van der Waals surface area (Å²) in [5.41, 5.74) is 0. The molecule has 1 aromatic heterocycles. The Balaban J connectivity index is 1.91. The Morgan fingerprint density at radius 1 is 0.963 bits per heavy atom. The van der Waals surface area contributed by atoms with Gasteiger partial charge in [-0.2, -0.15) is 0 Å². The second-order valence-electron chi connectivity index (χ2n) is 7.23. The molecule has 4 nitrogen and oxygen atoms in total. The first-order chi connectivity index (χ1) is 13.1. The highest BCUT2D eigenvalue weighted by Gasteiger charge is 2.18. The number of carbonyl (C=O) groups is 2. The van der Waals surface area contributed by atoms with Crippen molar-refractivity contribution in [3.8, 4) is 0 Å². The van der Waals surface area contributed by atoms with Gasteiger partial charge in [0.1, 0.15) is 6.04 Å². The molecule has 0 saturated carbocycles. The van der Waals surface area contributed by atoms with Crippen LogP contribution in [0.15, 0.2) is 17.5 Å². The van der Waals surface area contributed by atoms with Gasteiger partial charge in [0.25, 0.3) is 5.91 Å². The normalized spacial score (nSPS) is 11.9. The molecule has 1 N–H and O–H groups in total. The molecule has 0 saturated heterocycles. The summed E-state index contributed by atoms with van der Waals surface area (Å²) in [5, 5.41) is 4.51. The molecule has 0 aliphatic carbocycles. The molecule has 1 heterocycles. The molecule has 27 heavy (non-hydrogen) atoms. The number of rotatable bonds is 16. The van der Waals surface area contributed by atoms with Crippen molar-refractivity contribution in [1.29, 1.82) is 0 Å². The van der Waals surface area contributed by atoms with E-state index in [2.05, 4.69) is 12.2 Å². The zero-order chi connectivity index (χ0) is 19.7. The highest BCUT2D eigenvalue weighted by Crippen LogP contribution is 2.12. The highest BCUT2D eigenvalue weighted by atomic mass is 32.1. The van der Waals surface area contributed by atoms with Crippen LogP contribution in [0.25, 0.3) is 0 Å². The van der Waals surface area contributed by atoms with E-state index in [0.717, 1.165) is 12.8 Å². The molecule has 1 aromatic rings. The maximum Gasteiger partial charge on any atom is 0.328 e. The number of ether oxygens (including phenoxy) is 1. The van der Waals surface area contributed by atoms with Gasteiger partial charge in [-0.3, -0.25) is 4.79 Å². The Labute approximate surface area is 169 Å². The van der Waals surface area contributed by atoms with Gasteiger partial charge in [0, 0.05) is 0 Å². The third kappa shape index (κ3) is 11.9. The fourth-order valence-electron chi connectivity index (χ4n) is 2.98. The second kappa shape index (κ2) is 15.7. The number of amides is 1. The third-order valence-electron chi connectivity index (χ3n) is 4.69. The molecule has 1 unspecified atom stereocenters. The summed E-state index contributed by atoms with van der Waals surface area (Å²) in [5.74, 6) is -0.581. The Bertz CT molecular complexity index is 502. The van der Waals surface area contributed by atoms with Crippen LogP contribution in [0.3, 0.4) is 0 Å². The molecule has 5 heteroatoms. The summed E-state index contributed by atoms with van der Waals surface area (Å²) in [6.45, 7) is 4.36.